The highest BCUT2D eigenvalue weighted by Gasteiger charge is 2.21. The van der Waals surface area contributed by atoms with Gasteiger partial charge in [-0.1, -0.05) is 32.5 Å². The van der Waals surface area contributed by atoms with Crippen LogP contribution in [0.1, 0.15) is 32.6 Å². The van der Waals surface area contributed by atoms with Gasteiger partial charge >= 0.3 is 0 Å². The Morgan fingerprint density at radius 3 is 2.60 bits per heavy atom. The lowest BCUT2D eigenvalue weighted by molar-refractivity contribution is 0.378. The third-order valence-corrected chi connectivity index (χ3v) is 2.37. The smallest absolute Gasteiger partial charge is 0.226 e. The Morgan fingerprint density at radius 1 is 1.47 bits per heavy atom. The molecule has 0 saturated carbocycles. The molecule has 0 spiro atoms. The predicted molar refractivity (Wildman–Crippen MR) is 60.1 cm³/mol. The molecule has 6 nitrogen and oxygen atoms in total. The molecule has 0 aromatic carbocycles. The average molecular weight is 229 g/mol. The minimum absolute atomic E-state index is 0.135. The van der Waals surface area contributed by atoms with Crippen molar-refractivity contribution in [1.82, 2.24) is 10.2 Å². The Balaban J connectivity index is 2.62. The first-order chi connectivity index (χ1) is 6.93. The molecule has 4 N–H and O–H groups in total. The molecular formula is C8H15N5OS. The number of rotatable bonds is 2. The standard InChI is InChI=1S/C8H15N5OS/c1-8(2,3)6-13-12-5(14-6)4-15-7(9)11-10/h4,10H2,1-3H3,(H2,9,11). The van der Waals surface area contributed by atoms with Crippen molar-refractivity contribution in [2.45, 2.75) is 31.9 Å². The fraction of sp³-hybridized carbons (Fsp3) is 0.625. The second-order valence-electron chi connectivity index (χ2n) is 4.01. The maximum atomic E-state index is 5.45. The maximum absolute atomic E-state index is 5.45. The molecule has 84 valence electrons. The van der Waals surface area contributed by atoms with E-state index in [1.165, 1.54) is 11.8 Å². The molecule has 1 rings (SSSR count). The molecule has 0 unspecified atom stereocenters. The third kappa shape index (κ3) is 3.43. The molecule has 1 heterocycles. The van der Waals surface area contributed by atoms with Gasteiger partial charge in [-0.15, -0.1) is 10.2 Å². The molecule has 1 aromatic heterocycles. The number of aromatic nitrogens is 2. The zero-order valence-corrected chi connectivity index (χ0v) is 9.84. The number of amidine groups is 1. The molecule has 15 heavy (non-hydrogen) atoms. The van der Waals surface area contributed by atoms with E-state index < -0.39 is 0 Å². The van der Waals surface area contributed by atoms with E-state index in [1.807, 2.05) is 20.8 Å². The summed E-state index contributed by atoms with van der Waals surface area (Å²) in [7, 11) is 0. The first-order valence-electron chi connectivity index (χ1n) is 4.42. The lowest BCUT2D eigenvalue weighted by atomic mass is 9.97. The monoisotopic (exact) mass is 229 g/mol. The van der Waals surface area contributed by atoms with Crippen LogP contribution in [0.3, 0.4) is 0 Å². The van der Waals surface area contributed by atoms with Gasteiger partial charge in [0.05, 0.1) is 5.75 Å². The van der Waals surface area contributed by atoms with Gasteiger partial charge < -0.3 is 16.0 Å². The van der Waals surface area contributed by atoms with Gasteiger partial charge in [-0.05, 0) is 0 Å². The van der Waals surface area contributed by atoms with E-state index in [-0.39, 0.29) is 5.41 Å². The normalized spacial score (nSPS) is 13.1. The molecule has 7 heteroatoms. The van der Waals surface area contributed by atoms with Crippen LogP contribution in [0.4, 0.5) is 0 Å². The van der Waals surface area contributed by atoms with Crippen LogP contribution in [0, 0.1) is 0 Å². The van der Waals surface area contributed by atoms with Crippen LogP contribution in [0.15, 0.2) is 9.52 Å². The van der Waals surface area contributed by atoms with Crippen LogP contribution >= 0.6 is 11.8 Å². The predicted octanol–water partition coefficient (Wildman–Crippen LogP) is 0.789. The minimum atomic E-state index is -0.135. The highest BCUT2D eigenvalue weighted by molar-refractivity contribution is 8.13. The molecule has 0 atom stereocenters. The van der Waals surface area contributed by atoms with Crippen LogP contribution in [0.5, 0.6) is 0 Å². The van der Waals surface area contributed by atoms with Gasteiger partial charge in [0, 0.05) is 5.41 Å². The van der Waals surface area contributed by atoms with E-state index in [0.717, 1.165) is 0 Å². The van der Waals surface area contributed by atoms with Gasteiger partial charge in [-0.25, -0.2) is 0 Å². The van der Waals surface area contributed by atoms with Gasteiger partial charge in [-0.3, -0.25) is 0 Å². The van der Waals surface area contributed by atoms with Crippen LogP contribution in [-0.2, 0) is 11.2 Å². The van der Waals surface area contributed by atoms with Crippen molar-refractivity contribution in [2.24, 2.45) is 16.7 Å². The fourth-order valence-electron chi connectivity index (χ4n) is 0.788. The number of nitrogens with zero attached hydrogens (tertiary/aromatic N) is 3. The van der Waals surface area contributed by atoms with Crippen molar-refractivity contribution in [1.29, 1.82) is 0 Å². The Hall–Kier alpha value is -1.24. The van der Waals surface area contributed by atoms with Crippen molar-refractivity contribution in [3.05, 3.63) is 11.8 Å². The van der Waals surface area contributed by atoms with E-state index in [0.29, 0.717) is 22.7 Å². The zero-order valence-electron chi connectivity index (χ0n) is 9.02. The summed E-state index contributed by atoms with van der Waals surface area (Å²) in [6, 6.07) is 0. The summed E-state index contributed by atoms with van der Waals surface area (Å²) in [4.78, 5) is 0. The molecule has 0 saturated heterocycles. The second kappa shape index (κ2) is 4.52. The van der Waals surface area contributed by atoms with Gasteiger partial charge in [0.1, 0.15) is 0 Å². The molecule has 0 aliphatic rings. The zero-order chi connectivity index (χ0) is 11.5. The lowest BCUT2D eigenvalue weighted by Gasteiger charge is -2.10. The van der Waals surface area contributed by atoms with Crippen molar-refractivity contribution in [3.63, 3.8) is 0 Å². The quantitative estimate of drug-likeness (QED) is 0.336. The van der Waals surface area contributed by atoms with Crippen molar-refractivity contribution >= 4 is 16.9 Å². The minimum Gasteiger partial charge on any atom is -0.424 e. The van der Waals surface area contributed by atoms with Crippen LogP contribution in [-0.4, -0.2) is 15.4 Å². The van der Waals surface area contributed by atoms with Crippen molar-refractivity contribution in [2.75, 3.05) is 0 Å². The Labute approximate surface area is 92.5 Å². The van der Waals surface area contributed by atoms with E-state index in [9.17, 15) is 0 Å². The third-order valence-electron chi connectivity index (χ3n) is 1.58. The molecule has 1 aromatic rings. The number of hydrogen-bond acceptors (Lipinski definition) is 6. The molecule has 0 aliphatic heterocycles. The van der Waals surface area contributed by atoms with Crippen LogP contribution in [0.2, 0.25) is 0 Å². The van der Waals surface area contributed by atoms with Crippen LogP contribution < -0.4 is 11.6 Å². The maximum Gasteiger partial charge on any atom is 0.226 e. The number of nitrogens with two attached hydrogens (primary N) is 2. The van der Waals surface area contributed by atoms with Gasteiger partial charge in [-0.2, -0.15) is 5.10 Å². The highest BCUT2D eigenvalue weighted by Crippen LogP contribution is 2.21. The molecule has 0 aliphatic carbocycles. The summed E-state index contributed by atoms with van der Waals surface area (Å²) >= 11 is 1.26. The molecule has 0 amide bonds. The Bertz CT molecular complexity index is 354. The summed E-state index contributed by atoms with van der Waals surface area (Å²) in [5.41, 5.74) is 5.28. The molecule has 0 radical (unpaired) electrons. The topological polar surface area (TPSA) is 103 Å². The SMILES string of the molecule is CC(C)(C)c1nnc(CSC(N)=NN)o1. The van der Waals surface area contributed by atoms with Gasteiger partial charge in [0.15, 0.2) is 5.17 Å². The summed E-state index contributed by atoms with van der Waals surface area (Å²) < 4.78 is 5.45. The Kier molecular flexibility index (Phi) is 3.57. The van der Waals surface area contributed by atoms with E-state index in [2.05, 4.69) is 15.3 Å². The van der Waals surface area contributed by atoms with E-state index in [4.69, 9.17) is 16.0 Å². The number of thioether (sulfide) groups is 1. The molecule has 0 fully saturated rings. The fourth-order valence-corrected chi connectivity index (χ4v) is 1.25. The van der Waals surface area contributed by atoms with Gasteiger partial charge in [0.25, 0.3) is 0 Å². The summed E-state index contributed by atoms with van der Waals surface area (Å²) in [5.74, 6) is 6.60. The number of hydrazone groups is 1. The van der Waals surface area contributed by atoms with Crippen molar-refractivity contribution < 1.29 is 4.42 Å². The lowest BCUT2D eigenvalue weighted by Crippen LogP contribution is -2.11. The molecule has 0 bridgehead atoms. The second-order valence-corrected chi connectivity index (χ2v) is 5.00. The summed E-state index contributed by atoms with van der Waals surface area (Å²) in [6.45, 7) is 6.02. The first-order valence-corrected chi connectivity index (χ1v) is 5.41. The molecular weight excluding hydrogens is 214 g/mol. The summed E-state index contributed by atoms with van der Waals surface area (Å²) in [6.07, 6.45) is 0. The largest absolute Gasteiger partial charge is 0.424 e. The van der Waals surface area contributed by atoms with Crippen LogP contribution in [0.25, 0.3) is 0 Å². The average Bonchev–Trinajstić information content (AvgIpc) is 2.61. The van der Waals surface area contributed by atoms with E-state index in [1.54, 1.807) is 0 Å². The number of hydrogen-bond donors (Lipinski definition) is 2. The van der Waals surface area contributed by atoms with E-state index >= 15 is 0 Å². The Morgan fingerprint density at radius 2 is 2.13 bits per heavy atom. The van der Waals surface area contributed by atoms with Gasteiger partial charge in [0.2, 0.25) is 11.8 Å². The van der Waals surface area contributed by atoms with Crippen molar-refractivity contribution in [3.8, 4) is 0 Å². The first kappa shape index (κ1) is 11.8. The highest BCUT2D eigenvalue weighted by atomic mass is 32.2. The summed E-state index contributed by atoms with van der Waals surface area (Å²) in [5, 5.41) is 11.5.